The summed E-state index contributed by atoms with van der Waals surface area (Å²) >= 11 is 0. The molecule has 0 aliphatic heterocycles. The Morgan fingerprint density at radius 3 is 0.635 bits per heavy atom. The molecule has 0 radical (unpaired) electrons. The SMILES string of the molecule is CCCCCCCCCCCCOC(=O)CCCCCCCCCCCCCCCCCCCCCCC(=O)OCCCCCCCCCCCC. The second-order valence-corrected chi connectivity index (χ2v) is 16.4. The number of unbranched alkanes of at least 4 members (excludes halogenated alkanes) is 37. The summed E-state index contributed by atoms with van der Waals surface area (Å²) in [6.45, 7) is 5.79. The van der Waals surface area contributed by atoms with Crippen molar-refractivity contribution in [2.75, 3.05) is 13.2 Å². The Labute approximate surface area is 326 Å². The van der Waals surface area contributed by atoms with Gasteiger partial charge in [-0.2, -0.15) is 0 Å². The molecule has 0 aromatic rings. The van der Waals surface area contributed by atoms with Gasteiger partial charge in [-0.25, -0.2) is 0 Å². The number of esters is 2. The molecule has 0 saturated heterocycles. The molecule has 0 rings (SSSR count). The van der Waals surface area contributed by atoms with Crippen molar-refractivity contribution in [3.8, 4) is 0 Å². The Morgan fingerprint density at radius 1 is 0.250 bits per heavy atom. The number of carbonyl (C=O) groups excluding carboxylic acids is 2. The van der Waals surface area contributed by atoms with Gasteiger partial charge in [0.05, 0.1) is 13.2 Å². The van der Waals surface area contributed by atoms with Crippen LogP contribution < -0.4 is 0 Å². The summed E-state index contributed by atoms with van der Waals surface area (Å²) < 4.78 is 10.9. The van der Waals surface area contributed by atoms with E-state index in [-0.39, 0.29) is 11.9 Å². The lowest BCUT2D eigenvalue weighted by Gasteiger charge is -2.06. The van der Waals surface area contributed by atoms with Crippen molar-refractivity contribution < 1.29 is 19.1 Å². The van der Waals surface area contributed by atoms with Crippen molar-refractivity contribution >= 4 is 11.9 Å². The van der Waals surface area contributed by atoms with E-state index in [1.165, 1.54) is 231 Å². The standard InChI is InChI=1S/C48H94O4/c1-3-5-7-9-11-13-29-33-37-41-45-51-47(49)43-39-35-31-27-25-23-21-19-17-15-16-18-20-22-24-26-28-32-36-40-44-48(50)52-46-42-38-34-30-14-12-10-8-6-4-2/h3-46H2,1-2H3. The fourth-order valence-corrected chi connectivity index (χ4v) is 7.42. The van der Waals surface area contributed by atoms with Crippen LogP contribution in [-0.2, 0) is 19.1 Å². The van der Waals surface area contributed by atoms with Crippen LogP contribution in [0.5, 0.6) is 0 Å². The molecular formula is C48H94O4. The van der Waals surface area contributed by atoms with E-state index in [0.29, 0.717) is 26.1 Å². The molecule has 0 amide bonds. The summed E-state index contributed by atoms with van der Waals surface area (Å²) in [6.07, 6.45) is 53.7. The highest BCUT2D eigenvalue weighted by Crippen LogP contribution is 2.16. The second kappa shape index (κ2) is 46.1. The molecule has 0 aromatic heterocycles. The minimum atomic E-state index is 0.0174. The van der Waals surface area contributed by atoms with E-state index in [9.17, 15) is 9.59 Å². The van der Waals surface area contributed by atoms with Crippen molar-refractivity contribution in [3.05, 3.63) is 0 Å². The van der Waals surface area contributed by atoms with E-state index >= 15 is 0 Å². The average Bonchev–Trinajstić information content (AvgIpc) is 3.14. The van der Waals surface area contributed by atoms with Gasteiger partial charge in [-0.3, -0.25) is 9.59 Å². The van der Waals surface area contributed by atoms with Gasteiger partial charge < -0.3 is 9.47 Å². The summed E-state index contributed by atoms with van der Waals surface area (Å²) in [7, 11) is 0. The van der Waals surface area contributed by atoms with Gasteiger partial charge in [0.1, 0.15) is 0 Å². The number of carbonyl (C=O) groups is 2. The molecule has 0 saturated carbocycles. The van der Waals surface area contributed by atoms with E-state index < -0.39 is 0 Å². The monoisotopic (exact) mass is 735 g/mol. The van der Waals surface area contributed by atoms with E-state index in [1.54, 1.807) is 0 Å². The molecule has 0 heterocycles. The molecule has 0 fully saturated rings. The van der Waals surface area contributed by atoms with Crippen LogP contribution in [0.4, 0.5) is 0 Å². The molecule has 310 valence electrons. The number of hydrogen-bond acceptors (Lipinski definition) is 4. The summed E-state index contributed by atoms with van der Waals surface area (Å²) in [5.74, 6) is 0.0349. The van der Waals surface area contributed by atoms with Gasteiger partial charge in [0.15, 0.2) is 0 Å². The molecule has 0 aliphatic rings. The second-order valence-electron chi connectivity index (χ2n) is 16.4. The lowest BCUT2D eigenvalue weighted by molar-refractivity contribution is -0.144. The first-order valence-electron chi connectivity index (χ1n) is 24.0. The topological polar surface area (TPSA) is 52.6 Å². The lowest BCUT2D eigenvalue weighted by Crippen LogP contribution is -2.05. The molecule has 0 aromatic carbocycles. The number of hydrogen-bond donors (Lipinski definition) is 0. The Hall–Kier alpha value is -1.06. The van der Waals surface area contributed by atoms with E-state index in [1.807, 2.05) is 0 Å². The minimum absolute atomic E-state index is 0.0174. The van der Waals surface area contributed by atoms with Crippen LogP contribution in [0.1, 0.15) is 284 Å². The Balaban J connectivity index is 3.18. The zero-order chi connectivity index (χ0) is 37.7. The molecule has 0 N–H and O–H groups in total. The smallest absolute Gasteiger partial charge is 0.305 e. The van der Waals surface area contributed by atoms with E-state index in [2.05, 4.69) is 13.8 Å². The van der Waals surface area contributed by atoms with Crippen LogP contribution in [0.2, 0.25) is 0 Å². The number of ether oxygens (including phenoxy) is 2. The van der Waals surface area contributed by atoms with Crippen molar-refractivity contribution in [1.29, 1.82) is 0 Å². The molecule has 0 spiro atoms. The first kappa shape index (κ1) is 50.9. The van der Waals surface area contributed by atoms with Gasteiger partial charge in [0.25, 0.3) is 0 Å². The van der Waals surface area contributed by atoms with Gasteiger partial charge in [-0.15, -0.1) is 0 Å². The minimum Gasteiger partial charge on any atom is -0.466 e. The fourth-order valence-electron chi connectivity index (χ4n) is 7.42. The maximum absolute atomic E-state index is 12.0. The van der Waals surface area contributed by atoms with Crippen molar-refractivity contribution in [1.82, 2.24) is 0 Å². The molecule has 0 aliphatic carbocycles. The van der Waals surface area contributed by atoms with Crippen molar-refractivity contribution in [3.63, 3.8) is 0 Å². The average molecular weight is 735 g/mol. The largest absolute Gasteiger partial charge is 0.466 e. The number of rotatable bonds is 45. The van der Waals surface area contributed by atoms with Crippen LogP contribution in [0.3, 0.4) is 0 Å². The molecule has 52 heavy (non-hydrogen) atoms. The summed E-state index contributed by atoms with van der Waals surface area (Å²) in [5, 5.41) is 0. The summed E-state index contributed by atoms with van der Waals surface area (Å²) in [4.78, 5) is 23.9. The van der Waals surface area contributed by atoms with Crippen LogP contribution in [0.15, 0.2) is 0 Å². The zero-order valence-electron chi connectivity index (χ0n) is 35.7. The third-order valence-electron chi connectivity index (χ3n) is 11.0. The van der Waals surface area contributed by atoms with E-state index in [0.717, 1.165) is 25.7 Å². The first-order valence-corrected chi connectivity index (χ1v) is 24.0. The molecule has 4 heteroatoms. The van der Waals surface area contributed by atoms with Crippen molar-refractivity contribution in [2.45, 2.75) is 284 Å². The Kier molecular flexibility index (Phi) is 45.2. The van der Waals surface area contributed by atoms with E-state index in [4.69, 9.17) is 9.47 Å². The quantitative estimate of drug-likeness (QED) is 0.0462. The summed E-state index contributed by atoms with van der Waals surface area (Å²) in [6, 6.07) is 0. The molecular weight excluding hydrogens is 641 g/mol. The maximum Gasteiger partial charge on any atom is 0.305 e. The predicted molar refractivity (Wildman–Crippen MR) is 227 cm³/mol. The van der Waals surface area contributed by atoms with Gasteiger partial charge in [-0.05, 0) is 25.7 Å². The Morgan fingerprint density at radius 2 is 0.423 bits per heavy atom. The van der Waals surface area contributed by atoms with Crippen LogP contribution in [0, 0.1) is 0 Å². The third kappa shape index (κ3) is 45.1. The normalized spacial score (nSPS) is 11.3. The third-order valence-corrected chi connectivity index (χ3v) is 11.0. The maximum atomic E-state index is 12.0. The predicted octanol–water partition coefficient (Wildman–Crippen LogP) is 16.5. The van der Waals surface area contributed by atoms with Crippen LogP contribution in [0.25, 0.3) is 0 Å². The highest BCUT2D eigenvalue weighted by atomic mass is 16.5. The Bertz CT molecular complexity index is 634. The van der Waals surface area contributed by atoms with Gasteiger partial charge in [-0.1, -0.05) is 245 Å². The molecule has 0 bridgehead atoms. The van der Waals surface area contributed by atoms with Gasteiger partial charge in [0, 0.05) is 12.8 Å². The molecule has 0 unspecified atom stereocenters. The fraction of sp³-hybridized carbons (Fsp3) is 0.958. The summed E-state index contributed by atoms with van der Waals surface area (Å²) in [5.41, 5.74) is 0. The zero-order valence-corrected chi connectivity index (χ0v) is 35.7. The first-order chi connectivity index (χ1) is 25.7. The molecule has 4 nitrogen and oxygen atoms in total. The van der Waals surface area contributed by atoms with Gasteiger partial charge >= 0.3 is 11.9 Å². The van der Waals surface area contributed by atoms with Crippen LogP contribution >= 0.6 is 0 Å². The van der Waals surface area contributed by atoms with Crippen molar-refractivity contribution in [2.24, 2.45) is 0 Å². The van der Waals surface area contributed by atoms with Crippen LogP contribution in [-0.4, -0.2) is 25.2 Å². The highest BCUT2D eigenvalue weighted by Gasteiger charge is 2.04. The van der Waals surface area contributed by atoms with Gasteiger partial charge in [0.2, 0.25) is 0 Å². The highest BCUT2D eigenvalue weighted by molar-refractivity contribution is 5.69. The lowest BCUT2D eigenvalue weighted by atomic mass is 10.0. The molecule has 0 atom stereocenters.